The summed E-state index contributed by atoms with van der Waals surface area (Å²) in [4.78, 5) is 0. The lowest BCUT2D eigenvalue weighted by molar-refractivity contribution is -0.121. The zero-order valence-electron chi connectivity index (χ0n) is 5.39. The largest absolute Gasteiger partial charge is 0.504 e. The lowest BCUT2D eigenvalue weighted by Crippen LogP contribution is -2.12. The van der Waals surface area contributed by atoms with Gasteiger partial charge in [0.1, 0.15) is 0 Å². The summed E-state index contributed by atoms with van der Waals surface area (Å²) in [7, 11) is 0. The van der Waals surface area contributed by atoms with Crippen LogP contribution < -0.4 is 0 Å². The van der Waals surface area contributed by atoms with Gasteiger partial charge < -0.3 is 5.11 Å². The highest BCUT2D eigenvalue weighted by atomic mass is 19.4. The van der Waals surface area contributed by atoms with Gasteiger partial charge >= 0.3 is 6.18 Å². The molecule has 0 unspecified atom stereocenters. The van der Waals surface area contributed by atoms with Crippen molar-refractivity contribution >= 4 is 0 Å². The van der Waals surface area contributed by atoms with Crippen molar-refractivity contribution in [2.24, 2.45) is 0 Å². The molecule has 0 aromatic heterocycles. The van der Waals surface area contributed by atoms with E-state index in [1.54, 1.807) is 0 Å². The molecule has 0 aliphatic heterocycles. The molecule has 1 aliphatic carbocycles. The van der Waals surface area contributed by atoms with Crippen molar-refractivity contribution in [3.05, 3.63) is 35.6 Å². The van der Waals surface area contributed by atoms with Gasteiger partial charge in [0.25, 0.3) is 0 Å². The van der Waals surface area contributed by atoms with Gasteiger partial charge in [0.05, 0.1) is 0 Å². The number of aliphatic hydroxyl groups excluding tert-OH is 1. The molecular formula is C7H5F3O. The molecule has 4 heteroatoms. The monoisotopic (exact) mass is 162 g/mol. The van der Waals surface area contributed by atoms with E-state index in [2.05, 4.69) is 0 Å². The predicted molar refractivity (Wildman–Crippen MR) is 34.0 cm³/mol. The topological polar surface area (TPSA) is 20.2 Å². The summed E-state index contributed by atoms with van der Waals surface area (Å²) in [6, 6.07) is 0. The molecule has 0 amide bonds. The molecule has 0 bridgehead atoms. The van der Waals surface area contributed by atoms with Gasteiger partial charge in [-0.3, -0.25) is 0 Å². The standard InChI is InChI=1S/C7H5F3O/c8-7(9,10)6(11)5-3-1-2-4-5/h1-4,11H. The molecule has 0 saturated heterocycles. The summed E-state index contributed by atoms with van der Waals surface area (Å²) in [5, 5.41) is 8.54. The van der Waals surface area contributed by atoms with Crippen LogP contribution in [0.2, 0.25) is 0 Å². The molecule has 0 atom stereocenters. The second kappa shape index (κ2) is 2.45. The zero-order valence-corrected chi connectivity index (χ0v) is 5.39. The lowest BCUT2D eigenvalue weighted by atomic mass is 10.2. The fourth-order valence-electron chi connectivity index (χ4n) is 0.696. The third-order valence-corrected chi connectivity index (χ3v) is 1.20. The van der Waals surface area contributed by atoms with E-state index in [0.717, 1.165) is 0 Å². The van der Waals surface area contributed by atoms with Crippen LogP contribution >= 0.6 is 0 Å². The van der Waals surface area contributed by atoms with Crippen LogP contribution in [0.25, 0.3) is 0 Å². The van der Waals surface area contributed by atoms with Crippen molar-refractivity contribution in [3.63, 3.8) is 0 Å². The molecule has 0 fully saturated rings. The lowest BCUT2D eigenvalue weighted by Gasteiger charge is -2.05. The molecule has 0 aromatic rings. The van der Waals surface area contributed by atoms with E-state index in [0.29, 0.717) is 0 Å². The Labute approximate surface area is 61.1 Å². The van der Waals surface area contributed by atoms with Crippen LogP contribution in [0.1, 0.15) is 0 Å². The Hall–Kier alpha value is -1.19. The third kappa shape index (κ3) is 1.63. The number of halogens is 3. The van der Waals surface area contributed by atoms with Crippen molar-refractivity contribution in [2.75, 3.05) is 0 Å². The first-order chi connectivity index (χ1) is 5.02. The Morgan fingerprint density at radius 1 is 1.18 bits per heavy atom. The van der Waals surface area contributed by atoms with E-state index in [-0.39, 0.29) is 5.57 Å². The van der Waals surface area contributed by atoms with Crippen LogP contribution in [0.5, 0.6) is 0 Å². The van der Waals surface area contributed by atoms with Gasteiger partial charge in [-0.05, 0) is 0 Å². The van der Waals surface area contributed by atoms with E-state index in [1.807, 2.05) is 0 Å². The first-order valence-electron chi connectivity index (χ1n) is 2.87. The Morgan fingerprint density at radius 3 is 2.00 bits per heavy atom. The highest BCUT2D eigenvalue weighted by molar-refractivity contribution is 5.42. The number of aliphatic hydroxyl groups is 1. The van der Waals surface area contributed by atoms with Gasteiger partial charge in [0.2, 0.25) is 5.76 Å². The van der Waals surface area contributed by atoms with Crippen molar-refractivity contribution in [3.8, 4) is 0 Å². The van der Waals surface area contributed by atoms with Gasteiger partial charge in [-0.15, -0.1) is 0 Å². The molecular weight excluding hydrogens is 157 g/mol. The minimum atomic E-state index is -4.64. The first-order valence-corrected chi connectivity index (χ1v) is 2.87. The van der Waals surface area contributed by atoms with Gasteiger partial charge in [-0.2, -0.15) is 13.2 Å². The maximum absolute atomic E-state index is 11.7. The summed E-state index contributed by atoms with van der Waals surface area (Å²) < 4.78 is 35.2. The Balaban J connectivity index is 2.97. The maximum Gasteiger partial charge on any atom is 0.449 e. The van der Waals surface area contributed by atoms with Crippen LogP contribution in [0.4, 0.5) is 13.2 Å². The summed E-state index contributed by atoms with van der Waals surface area (Å²) in [6.07, 6.45) is 0.606. The number of allylic oxidation sites excluding steroid dienone is 6. The minimum absolute atomic E-state index is 0.197. The zero-order chi connectivity index (χ0) is 8.48. The average Bonchev–Trinajstić information content (AvgIpc) is 2.34. The second-order valence-electron chi connectivity index (χ2n) is 2.02. The highest BCUT2D eigenvalue weighted by Gasteiger charge is 2.35. The molecule has 1 rings (SSSR count). The molecule has 11 heavy (non-hydrogen) atoms. The highest BCUT2D eigenvalue weighted by Crippen LogP contribution is 2.27. The van der Waals surface area contributed by atoms with Crippen LogP contribution in [-0.2, 0) is 0 Å². The Morgan fingerprint density at radius 2 is 1.64 bits per heavy atom. The van der Waals surface area contributed by atoms with Crippen molar-refractivity contribution in [1.82, 2.24) is 0 Å². The molecule has 1 nitrogen and oxygen atoms in total. The van der Waals surface area contributed by atoms with Gasteiger partial charge in [-0.1, -0.05) is 24.3 Å². The molecule has 0 radical (unpaired) electrons. The van der Waals surface area contributed by atoms with Gasteiger partial charge in [0.15, 0.2) is 0 Å². The second-order valence-corrected chi connectivity index (χ2v) is 2.02. The fourth-order valence-corrected chi connectivity index (χ4v) is 0.696. The van der Waals surface area contributed by atoms with Crippen molar-refractivity contribution < 1.29 is 18.3 Å². The molecule has 0 heterocycles. The quantitative estimate of drug-likeness (QED) is 0.542. The number of hydrogen-bond acceptors (Lipinski definition) is 1. The summed E-state index contributed by atoms with van der Waals surface area (Å²) in [6.45, 7) is 0. The summed E-state index contributed by atoms with van der Waals surface area (Å²) in [5.41, 5.74) is -0.197. The van der Waals surface area contributed by atoms with E-state index < -0.39 is 11.9 Å². The fraction of sp³-hybridized carbons (Fsp3) is 0.143. The smallest absolute Gasteiger partial charge is 0.449 e. The maximum atomic E-state index is 11.7. The molecule has 1 N–H and O–H groups in total. The first kappa shape index (κ1) is 7.91. The summed E-state index contributed by atoms with van der Waals surface area (Å²) >= 11 is 0. The Kier molecular flexibility index (Phi) is 1.76. The van der Waals surface area contributed by atoms with Crippen LogP contribution in [-0.4, -0.2) is 11.3 Å². The molecule has 0 aromatic carbocycles. The number of hydrogen-bond donors (Lipinski definition) is 1. The summed E-state index contributed by atoms with van der Waals surface area (Å²) in [5.74, 6) is -1.54. The van der Waals surface area contributed by atoms with E-state index in [9.17, 15) is 13.2 Å². The Bertz CT molecular complexity index is 231. The van der Waals surface area contributed by atoms with Crippen LogP contribution in [0, 0.1) is 0 Å². The molecule has 60 valence electrons. The van der Waals surface area contributed by atoms with E-state index in [1.165, 1.54) is 24.3 Å². The predicted octanol–water partition coefficient (Wildman–Crippen LogP) is 2.49. The minimum Gasteiger partial charge on any atom is -0.504 e. The van der Waals surface area contributed by atoms with E-state index in [4.69, 9.17) is 5.11 Å². The van der Waals surface area contributed by atoms with Gasteiger partial charge in [0, 0.05) is 5.57 Å². The van der Waals surface area contributed by atoms with E-state index >= 15 is 0 Å². The molecule has 0 spiro atoms. The van der Waals surface area contributed by atoms with Crippen molar-refractivity contribution in [1.29, 1.82) is 0 Å². The number of alkyl halides is 3. The molecule has 0 saturated carbocycles. The average molecular weight is 162 g/mol. The van der Waals surface area contributed by atoms with Crippen LogP contribution in [0.3, 0.4) is 0 Å². The van der Waals surface area contributed by atoms with Crippen LogP contribution in [0.15, 0.2) is 35.6 Å². The SMILES string of the molecule is OC(=C1C=CC=C1)C(F)(F)F. The normalized spacial score (nSPS) is 16.1. The van der Waals surface area contributed by atoms with Crippen molar-refractivity contribution in [2.45, 2.75) is 6.18 Å². The number of rotatable bonds is 0. The third-order valence-electron chi connectivity index (χ3n) is 1.20. The van der Waals surface area contributed by atoms with Gasteiger partial charge in [-0.25, -0.2) is 0 Å². The molecule has 1 aliphatic rings.